The molecular weight excluding hydrogens is 348 g/mol. The van der Waals surface area contributed by atoms with Crippen LogP contribution in [-0.4, -0.2) is 16.6 Å². The maximum absolute atomic E-state index is 7.33. The lowest BCUT2D eigenvalue weighted by Gasteiger charge is -2.69. The third-order valence-corrected chi connectivity index (χ3v) is 19.9. The van der Waals surface area contributed by atoms with Crippen LogP contribution < -0.4 is 0 Å². The van der Waals surface area contributed by atoms with E-state index in [9.17, 15) is 0 Å². The molecule has 1 spiro atoms. The highest BCUT2D eigenvalue weighted by Crippen LogP contribution is 2.81. The van der Waals surface area contributed by atoms with Crippen LogP contribution in [-0.2, 0) is 15.6 Å². The largest absolute Gasteiger partial charge is 0.454 e. The number of hydrogen-bond acceptors (Lipinski definition) is 1. The molecule has 5 aliphatic carbocycles. The summed E-state index contributed by atoms with van der Waals surface area (Å²) < 4.78 is 7.33. The van der Waals surface area contributed by atoms with Gasteiger partial charge in [0, 0.05) is 5.04 Å². The summed E-state index contributed by atoms with van der Waals surface area (Å²) >= 11 is 0. The van der Waals surface area contributed by atoms with Gasteiger partial charge in [-0.1, -0.05) is 30.4 Å². The number of fused-ring (bicyclic) bond motifs is 1. The van der Waals surface area contributed by atoms with E-state index in [2.05, 4.69) is 56.5 Å². The van der Waals surface area contributed by atoms with Gasteiger partial charge in [-0.3, -0.25) is 0 Å². The average Bonchev–Trinajstić information content (AvgIpc) is 3.06. The van der Waals surface area contributed by atoms with E-state index < -0.39 is 16.6 Å². The molecule has 4 bridgehead atoms. The third-order valence-electron chi connectivity index (χ3n) is 9.40. The SMILES string of the molecule is C[Si]1(C)O[Si](C)(C)C2(c3cccc4c3C=CC4)C3CC4CC(C3)CC21C4. The van der Waals surface area contributed by atoms with Crippen LogP contribution in [0.2, 0.25) is 31.2 Å². The Labute approximate surface area is 160 Å². The van der Waals surface area contributed by atoms with Gasteiger partial charge in [0.25, 0.3) is 0 Å². The summed E-state index contributed by atoms with van der Waals surface area (Å²) in [6, 6.07) is 7.27. The van der Waals surface area contributed by atoms with E-state index in [1.165, 1.54) is 32.1 Å². The predicted octanol–water partition coefficient (Wildman–Crippen LogP) is 6.05. The average molecular weight is 381 g/mol. The van der Waals surface area contributed by atoms with Crippen molar-refractivity contribution in [2.75, 3.05) is 0 Å². The van der Waals surface area contributed by atoms with Gasteiger partial charge in [0.15, 0.2) is 16.6 Å². The Bertz CT molecular complexity index is 825. The standard InChI is InChI=1S/C23H32OSi2/c1-25(2)22-14-16-11-17(15-22)13-19(12-16)23(22,26(3,4)24-25)21-10-6-8-18-7-5-9-20(18)21/h5-6,8-10,16-17,19H,7,11-15H2,1-4H3. The third kappa shape index (κ3) is 1.56. The molecule has 1 aromatic carbocycles. The van der Waals surface area contributed by atoms with E-state index in [0.717, 1.165) is 24.2 Å². The summed E-state index contributed by atoms with van der Waals surface area (Å²) in [5.41, 5.74) is 4.88. The van der Waals surface area contributed by atoms with E-state index in [0.29, 0.717) is 10.1 Å². The van der Waals surface area contributed by atoms with Crippen LogP contribution >= 0.6 is 0 Å². The molecule has 0 radical (unpaired) electrons. The second-order valence-corrected chi connectivity index (χ2v) is 19.6. The van der Waals surface area contributed by atoms with Crippen molar-refractivity contribution in [3.8, 4) is 0 Å². The minimum Gasteiger partial charge on any atom is -0.454 e. The van der Waals surface area contributed by atoms with E-state index in [1.54, 1.807) is 16.7 Å². The van der Waals surface area contributed by atoms with Crippen LogP contribution in [0.4, 0.5) is 0 Å². The number of hydrogen-bond donors (Lipinski definition) is 0. The van der Waals surface area contributed by atoms with Gasteiger partial charge in [-0.05, 0) is 104 Å². The van der Waals surface area contributed by atoms with Crippen LogP contribution in [0.25, 0.3) is 6.08 Å². The van der Waals surface area contributed by atoms with E-state index >= 15 is 0 Å². The van der Waals surface area contributed by atoms with Gasteiger partial charge < -0.3 is 4.12 Å². The molecule has 1 aromatic rings. The van der Waals surface area contributed by atoms with Crippen molar-refractivity contribution in [2.24, 2.45) is 17.8 Å². The van der Waals surface area contributed by atoms with Crippen LogP contribution in [0.3, 0.4) is 0 Å². The van der Waals surface area contributed by atoms with Crippen LogP contribution in [0.1, 0.15) is 48.8 Å². The minimum absolute atomic E-state index is 0.364. The first-order valence-corrected chi connectivity index (χ1v) is 16.6. The molecule has 3 unspecified atom stereocenters. The second-order valence-electron chi connectivity index (χ2n) is 11.0. The highest BCUT2D eigenvalue weighted by molar-refractivity contribution is 6.94. The van der Waals surface area contributed by atoms with Crippen molar-refractivity contribution in [2.45, 2.75) is 74.8 Å². The molecule has 26 heavy (non-hydrogen) atoms. The molecule has 6 aliphatic rings. The van der Waals surface area contributed by atoms with Crippen molar-refractivity contribution in [3.05, 3.63) is 41.0 Å². The van der Waals surface area contributed by atoms with Gasteiger partial charge >= 0.3 is 0 Å². The topological polar surface area (TPSA) is 9.23 Å². The molecule has 1 saturated heterocycles. The first kappa shape index (κ1) is 16.3. The second kappa shape index (κ2) is 4.67. The van der Waals surface area contributed by atoms with Crippen molar-refractivity contribution < 1.29 is 4.12 Å². The Hall–Kier alpha value is -0.646. The zero-order valence-electron chi connectivity index (χ0n) is 16.8. The minimum atomic E-state index is -1.86. The maximum atomic E-state index is 7.33. The molecule has 3 heteroatoms. The van der Waals surface area contributed by atoms with E-state index in [-0.39, 0.29) is 0 Å². The van der Waals surface area contributed by atoms with Gasteiger partial charge in [0.05, 0.1) is 0 Å². The Kier molecular flexibility index (Phi) is 2.93. The fourth-order valence-corrected chi connectivity index (χ4v) is 23.9. The lowest BCUT2D eigenvalue weighted by atomic mass is 9.49. The highest BCUT2D eigenvalue weighted by Gasteiger charge is 2.81. The molecule has 1 heterocycles. The molecule has 1 nitrogen and oxygen atoms in total. The number of rotatable bonds is 1. The maximum Gasteiger partial charge on any atom is 0.184 e. The van der Waals surface area contributed by atoms with Gasteiger partial charge in [-0.15, -0.1) is 0 Å². The van der Waals surface area contributed by atoms with Crippen molar-refractivity contribution in [3.63, 3.8) is 0 Å². The molecule has 7 rings (SSSR count). The van der Waals surface area contributed by atoms with Crippen LogP contribution in [0.15, 0.2) is 24.3 Å². The Balaban J connectivity index is 1.71. The Morgan fingerprint density at radius 2 is 1.69 bits per heavy atom. The normalized spacial score (nSPS) is 45.8. The lowest BCUT2D eigenvalue weighted by Crippen LogP contribution is -2.67. The molecular formula is C23H32OSi2. The fraction of sp³-hybridized carbons (Fsp3) is 0.652. The number of allylic oxidation sites excluding steroid dienone is 1. The summed E-state index contributed by atoms with van der Waals surface area (Å²) in [4.78, 5) is 0. The molecule has 5 fully saturated rings. The molecule has 138 valence electrons. The monoisotopic (exact) mass is 380 g/mol. The summed E-state index contributed by atoms with van der Waals surface area (Å²) in [6.45, 7) is 10.4. The molecule has 0 amide bonds. The number of benzene rings is 1. The molecule has 0 aromatic heterocycles. The first-order chi connectivity index (χ1) is 12.3. The van der Waals surface area contributed by atoms with Crippen LogP contribution in [0.5, 0.6) is 0 Å². The Morgan fingerprint density at radius 3 is 2.42 bits per heavy atom. The summed E-state index contributed by atoms with van der Waals surface area (Å²) in [5, 5.41) is 0.860. The summed E-state index contributed by atoms with van der Waals surface area (Å²) in [7, 11) is -3.60. The van der Waals surface area contributed by atoms with E-state index in [4.69, 9.17) is 4.12 Å². The fourth-order valence-electron chi connectivity index (χ4n) is 9.32. The zero-order valence-corrected chi connectivity index (χ0v) is 18.8. The highest BCUT2D eigenvalue weighted by atomic mass is 28.4. The van der Waals surface area contributed by atoms with Crippen molar-refractivity contribution >= 4 is 22.7 Å². The summed E-state index contributed by atoms with van der Waals surface area (Å²) in [6.07, 6.45) is 13.4. The van der Waals surface area contributed by atoms with Gasteiger partial charge in [-0.25, -0.2) is 0 Å². The predicted molar refractivity (Wildman–Crippen MR) is 113 cm³/mol. The van der Waals surface area contributed by atoms with Crippen molar-refractivity contribution in [1.29, 1.82) is 0 Å². The molecule has 1 aliphatic heterocycles. The first-order valence-electron chi connectivity index (χ1n) is 10.8. The van der Waals surface area contributed by atoms with Gasteiger partial charge in [-0.2, -0.15) is 0 Å². The Morgan fingerprint density at radius 1 is 0.962 bits per heavy atom. The molecule has 4 saturated carbocycles. The quantitative estimate of drug-likeness (QED) is 0.539. The van der Waals surface area contributed by atoms with Crippen LogP contribution in [0, 0.1) is 17.8 Å². The summed E-state index contributed by atoms with van der Waals surface area (Å²) in [5.74, 6) is 2.86. The van der Waals surface area contributed by atoms with Gasteiger partial charge in [0.2, 0.25) is 0 Å². The lowest BCUT2D eigenvalue weighted by molar-refractivity contribution is -0.0178. The van der Waals surface area contributed by atoms with Crippen molar-refractivity contribution in [1.82, 2.24) is 0 Å². The molecule has 0 N–H and O–H groups in total. The smallest absolute Gasteiger partial charge is 0.184 e. The van der Waals surface area contributed by atoms with Gasteiger partial charge in [0.1, 0.15) is 0 Å². The zero-order chi connectivity index (χ0) is 17.9. The van der Waals surface area contributed by atoms with E-state index in [1.807, 2.05) is 0 Å². The molecule has 3 atom stereocenters.